The smallest absolute Gasteiger partial charge is 0.315 e. The zero-order chi connectivity index (χ0) is 21.5. The van der Waals surface area contributed by atoms with Crippen molar-refractivity contribution in [2.75, 3.05) is 13.7 Å². The molecule has 0 radical (unpaired) electrons. The predicted molar refractivity (Wildman–Crippen MR) is 118 cm³/mol. The molecule has 2 heterocycles. The molecule has 0 unspecified atom stereocenters. The van der Waals surface area contributed by atoms with Gasteiger partial charge in [-0.3, -0.25) is 10.1 Å². The summed E-state index contributed by atoms with van der Waals surface area (Å²) >= 11 is 6.75. The molecule has 30 heavy (non-hydrogen) atoms. The van der Waals surface area contributed by atoms with Crippen LogP contribution >= 0.6 is 23.6 Å². The molecular weight excluding hydrogens is 426 g/mol. The maximum absolute atomic E-state index is 11.6. The van der Waals surface area contributed by atoms with E-state index in [2.05, 4.69) is 22.2 Å². The standard InChI is InChI=1S/C19H21N5O4S2/c1-3-4-5-8-28-17-14(24(25)26)10-13(11-15(17)27-2)12-20-23-18(21-22-19(23)29)16-7-6-9-30-16/h6-7,9-12H,3-5,8H2,1-2H3,(H,22,29)/b20-12-. The van der Waals surface area contributed by atoms with E-state index in [1.54, 1.807) is 6.07 Å². The number of thiophene rings is 1. The van der Waals surface area contributed by atoms with Crippen LogP contribution in [-0.2, 0) is 0 Å². The van der Waals surface area contributed by atoms with Crippen LogP contribution in [-0.4, -0.2) is 39.7 Å². The van der Waals surface area contributed by atoms with E-state index in [1.165, 1.54) is 35.4 Å². The number of aromatic amines is 1. The molecule has 11 heteroatoms. The van der Waals surface area contributed by atoms with Gasteiger partial charge in [-0.15, -0.1) is 11.3 Å². The topological polar surface area (TPSA) is 108 Å². The maximum atomic E-state index is 11.6. The summed E-state index contributed by atoms with van der Waals surface area (Å²) in [6.45, 7) is 2.46. The Bertz CT molecular complexity index is 1090. The number of nitrogens with zero attached hydrogens (tertiary/aromatic N) is 4. The molecule has 0 amide bonds. The van der Waals surface area contributed by atoms with Crippen molar-refractivity contribution in [3.63, 3.8) is 0 Å². The van der Waals surface area contributed by atoms with Gasteiger partial charge < -0.3 is 9.47 Å². The molecule has 0 aliphatic carbocycles. The monoisotopic (exact) mass is 447 g/mol. The fourth-order valence-corrected chi connectivity index (χ4v) is 3.61. The molecule has 0 fully saturated rings. The van der Waals surface area contributed by atoms with Gasteiger partial charge in [-0.2, -0.15) is 14.9 Å². The Balaban J connectivity index is 1.94. The maximum Gasteiger partial charge on any atom is 0.315 e. The number of aromatic nitrogens is 3. The van der Waals surface area contributed by atoms with Crippen molar-refractivity contribution in [1.29, 1.82) is 0 Å². The van der Waals surface area contributed by atoms with Crippen molar-refractivity contribution in [2.24, 2.45) is 5.10 Å². The molecule has 0 aliphatic heterocycles. The van der Waals surface area contributed by atoms with Crippen molar-refractivity contribution in [3.8, 4) is 22.2 Å². The van der Waals surface area contributed by atoms with Gasteiger partial charge in [0.05, 0.1) is 29.7 Å². The lowest BCUT2D eigenvalue weighted by atomic mass is 10.2. The minimum atomic E-state index is -0.490. The normalized spacial score (nSPS) is 11.1. The van der Waals surface area contributed by atoms with Crippen molar-refractivity contribution < 1.29 is 14.4 Å². The number of rotatable bonds is 10. The Morgan fingerprint density at radius 2 is 2.27 bits per heavy atom. The lowest BCUT2D eigenvalue weighted by molar-refractivity contribution is -0.386. The highest BCUT2D eigenvalue weighted by Gasteiger charge is 2.22. The fraction of sp³-hybridized carbons (Fsp3) is 0.316. The van der Waals surface area contributed by atoms with Gasteiger partial charge in [-0.25, -0.2) is 5.10 Å². The highest BCUT2D eigenvalue weighted by Crippen LogP contribution is 2.38. The second-order valence-corrected chi connectivity index (χ2v) is 7.60. The quantitative estimate of drug-likeness (QED) is 0.153. The molecule has 158 valence electrons. The van der Waals surface area contributed by atoms with E-state index in [0.29, 0.717) is 22.8 Å². The van der Waals surface area contributed by atoms with Gasteiger partial charge in [0.1, 0.15) is 0 Å². The number of H-pyrrole nitrogens is 1. The average molecular weight is 448 g/mol. The minimum Gasteiger partial charge on any atom is -0.493 e. The molecule has 0 saturated heterocycles. The van der Waals surface area contributed by atoms with Crippen LogP contribution in [0.5, 0.6) is 11.5 Å². The molecular formula is C19H21N5O4S2. The van der Waals surface area contributed by atoms with Crippen LogP contribution in [0.1, 0.15) is 31.7 Å². The van der Waals surface area contributed by atoms with E-state index in [0.717, 1.165) is 24.1 Å². The summed E-state index contributed by atoms with van der Waals surface area (Å²) in [6.07, 6.45) is 4.30. The van der Waals surface area contributed by atoms with Crippen LogP contribution in [0.2, 0.25) is 0 Å². The molecule has 9 nitrogen and oxygen atoms in total. The molecule has 0 aliphatic rings. The van der Waals surface area contributed by atoms with E-state index in [9.17, 15) is 10.1 Å². The van der Waals surface area contributed by atoms with E-state index in [4.69, 9.17) is 21.7 Å². The lowest BCUT2D eigenvalue weighted by Gasteiger charge is -2.11. The summed E-state index contributed by atoms with van der Waals surface area (Å²) in [5.74, 6) is 0.954. The SMILES string of the molecule is CCCCCOc1c(OC)cc(/C=N\n2c(-c3cccs3)n[nH]c2=S)cc1[N+](=O)[O-]. The van der Waals surface area contributed by atoms with Gasteiger partial charge >= 0.3 is 5.69 Å². The first kappa shape index (κ1) is 21.7. The first-order chi connectivity index (χ1) is 14.5. The number of benzene rings is 1. The van der Waals surface area contributed by atoms with Crippen molar-refractivity contribution >= 4 is 35.5 Å². The van der Waals surface area contributed by atoms with Crippen LogP contribution < -0.4 is 9.47 Å². The number of nitro groups is 1. The molecule has 1 aromatic carbocycles. The third kappa shape index (κ3) is 4.92. The molecule has 0 saturated carbocycles. The predicted octanol–water partition coefficient (Wildman–Crippen LogP) is 5.04. The Morgan fingerprint density at radius 1 is 1.43 bits per heavy atom. The Labute approximate surface area is 182 Å². The van der Waals surface area contributed by atoms with E-state index < -0.39 is 4.92 Å². The van der Waals surface area contributed by atoms with Gasteiger partial charge in [-0.05, 0) is 36.2 Å². The molecule has 0 bridgehead atoms. The Kier molecular flexibility index (Phi) is 7.31. The van der Waals surface area contributed by atoms with Gasteiger partial charge in [0.15, 0.2) is 11.6 Å². The zero-order valence-electron chi connectivity index (χ0n) is 16.5. The number of ether oxygens (including phenoxy) is 2. The Hall–Kier alpha value is -3.05. The first-order valence-electron chi connectivity index (χ1n) is 9.30. The van der Waals surface area contributed by atoms with Crippen LogP contribution in [0.15, 0.2) is 34.7 Å². The van der Waals surface area contributed by atoms with E-state index in [-0.39, 0.29) is 17.2 Å². The van der Waals surface area contributed by atoms with Crippen molar-refractivity contribution in [2.45, 2.75) is 26.2 Å². The van der Waals surface area contributed by atoms with Crippen LogP contribution in [0, 0.1) is 14.9 Å². The largest absolute Gasteiger partial charge is 0.493 e. The summed E-state index contributed by atoms with van der Waals surface area (Å²) < 4.78 is 12.8. The van der Waals surface area contributed by atoms with Gasteiger partial charge in [0.25, 0.3) is 0 Å². The van der Waals surface area contributed by atoms with Crippen LogP contribution in [0.4, 0.5) is 5.69 Å². The average Bonchev–Trinajstić information content (AvgIpc) is 3.39. The molecule has 3 rings (SSSR count). The van der Waals surface area contributed by atoms with Crippen LogP contribution in [0.25, 0.3) is 10.7 Å². The fourth-order valence-electron chi connectivity index (χ4n) is 2.73. The summed E-state index contributed by atoms with van der Waals surface area (Å²) in [4.78, 5) is 12.0. The molecule has 3 aromatic rings. The summed E-state index contributed by atoms with van der Waals surface area (Å²) in [5, 5.41) is 24.8. The number of hydrogen-bond donors (Lipinski definition) is 1. The summed E-state index contributed by atoms with van der Waals surface area (Å²) in [6, 6.07) is 6.84. The minimum absolute atomic E-state index is 0.120. The second-order valence-electron chi connectivity index (χ2n) is 6.27. The number of methoxy groups -OCH3 is 1. The molecule has 0 spiro atoms. The number of nitro benzene ring substituents is 1. The zero-order valence-corrected chi connectivity index (χ0v) is 18.2. The van der Waals surface area contributed by atoms with Crippen LogP contribution in [0.3, 0.4) is 0 Å². The number of nitrogens with one attached hydrogen (secondary N) is 1. The van der Waals surface area contributed by atoms with Gasteiger partial charge in [0.2, 0.25) is 10.5 Å². The lowest BCUT2D eigenvalue weighted by Crippen LogP contribution is -2.04. The summed E-state index contributed by atoms with van der Waals surface area (Å²) in [7, 11) is 1.44. The third-order valence-electron chi connectivity index (χ3n) is 4.18. The van der Waals surface area contributed by atoms with E-state index >= 15 is 0 Å². The first-order valence-corrected chi connectivity index (χ1v) is 10.6. The second kappa shape index (κ2) is 10.1. The Morgan fingerprint density at radius 3 is 2.93 bits per heavy atom. The van der Waals surface area contributed by atoms with Gasteiger partial charge in [-0.1, -0.05) is 25.8 Å². The van der Waals surface area contributed by atoms with Crippen molar-refractivity contribution in [1.82, 2.24) is 14.9 Å². The molecule has 0 atom stereocenters. The third-order valence-corrected chi connectivity index (χ3v) is 5.31. The van der Waals surface area contributed by atoms with Crippen molar-refractivity contribution in [3.05, 3.63) is 50.1 Å². The van der Waals surface area contributed by atoms with Gasteiger partial charge in [0, 0.05) is 11.6 Å². The summed E-state index contributed by atoms with van der Waals surface area (Å²) in [5.41, 5.74) is 0.293. The molecule has 1 N–H and O–H groups in total. The molecule has 2 aromatic heterocycles. The number of hydrogen-bond acceptors (Lipinski definition) is 8. The highest BCUT2D eigenvalue weighted by atomic mass is 32.1. The van der Waals surface area contributed by atoms with E-state index in [1.807, 2.05) is 17.5 Å². The highest BCUT2D eigenvalue weighted by molar-refractivity contribution is 7.71. The number of unbranched alkanes of at least 4 members (excludes halogenated alkanes) is 2.